The maximum Gasteiger partial charge on any atom is 0.303 e. The lowest BCUT2D eigenvalue weighted by atomic mass is 10.2. The van der Waals surface area contributed by atoms with E-state index in [0.29, 0.717) is 16.4 Å². The fraction of sp³-hybridized carbons (Fsp3) is 0.211. The van der Waals surface area contributed by atoms with E-state index in [1.165, 1.54) is 12.0 Å². The van der Waals surface area contributed by atoms with Gasteiger partial charge in [-0.2, -0.15) is 0 Å². The monoisotopic (exact) mass is 406 g/mol. The van der Waals surface area contributed by atoms with Gasteiger partial charge in [0.15, 0.2) is 0 Å². The van der Waals surface area contributed by atoms with Gasteiger partial charge in [-0.15, -0.1) is 11.3 Å². The molecule has 0 aliphatic rings. The molecule has 3 aromatic rings. The Morgan fingerprint density at radius 3 is 2.68 bits per heavy atom. The number of hydrogen-bond acceptors (Lipinski definition) is 5. The number of carbonyl (C=O) groups excluding carboxylic acids is 1. The van der Waals surface area contributed by atoms with Gasteiger partial charge in [0, 0.05) is 18.6 Å². The summed E-state index contributed by atoms with van der Waals surface area (Å²) in [5.74, 6) is -2.58. The van der Waals surface area contributed by atoms with Gasteiger partial charge in [0.2, 0.25) is 5.91 Å². The van der Waals surface area contributed by atoms with Crippen LogP contribution < -0.4 is 9.64 Å². The van der Waals surface area contributed by atoms with Crippen LogP contribution in [-0.2, 0) is 16.1 Å². The van der Waals surface area contributed by atoms with Crippen LogP contribution >= 0.6 is 11.3 Å². The predicted octanol–water partition coefficient (Wildman–Crippen LogP) is 3.98. The summed E-state index contributed by atoms with van der Waals surface area (Å²) in [5.41, 5.74) is 0.599. The molecule has 28 heavy (non-hydrogen) atoms. The van der Waals surface area contributed by atoms with E-state index in [9.17, 15) is 18.4 Å². The van der Waals surface area contributed by atoms with Gasteiger partial charge in [0.25, 0.3) is 0 Å². The molecule has 0 bridgehead atoms. The van der Waals surface area contributed by atoms with Crippen LogP contribution in [0.5, 0.6) is 5.75 Å². The SMILES string of the molecule is COc1ccccc1N(Cc1nc2cc(F)cc(F)c2s1)C(=O)CCC(=O)O. The molecule has 0 saturated heterocycles. The topological polar surface area (TPSA) is 79.7 Å². The van der Waals surface area contributed by atoms with Crippen LogP contribution in [0.4, 0.5) is 14.5 Å². The molecule has 2 aromatic carbocycles. The third-order valence-corrected chi connectivity index (χ3v) is 5.04. The van der Waals surface area contributed by atoms with Crippen LogP contribution in [0.3, 0.4) is 0 Å². The predicted molar refractivity (Wildman–Crippen MR) is 101 cm³/mol. The number of para-hydroxylation sites is 2. The summed E-state index contributed by atoms with van der Waals surface area (Å²) in [6.07, 6.45) is -0.550. The van der Waals surface area contributed by atoms with E-state index in [4.69, 9.17) is 9.84 Å². The molecule has 1 amide bonds. The average Bonchev–Trinajstić information content (AvgIpc) is 3.07. The number of ether oxygens (including phenoxy) is 1. The zero-order chi connectivity index (χ0) is 20.3. The third-order valence-electron chi connectivity index (χ3n) is 3.98. The molecule has 146 valence electrons. The fourth-order valence-electron chi connectivity index (χ4n) is 2.72. The molecule has 0 atom stereocenters. The van der Waals surface area contributed by atoms with E-state index >= 15 is 0 Å². The van der Waals surface area contributed by atoms with Gasteiger partial charge >= 0.3 is 5.97 Å². The quantitative estimate of drug-likeness (QED) is 0.642. The van der Waals surface area contributed by atoms with Gasteiger partial charge in [0.1, 0.15) is 22.4 Å². The van der Waals surface area contributed by atoms with Crippen LogP contribution in [0.1, 0.15) is 17.8 Å². The largest absolute Gasteiger partial charge is 0.495 e. The fourth-order valence-corrected chi connectivity index (χ4v) is 3.66. The van der Waals surface area contributed by atoms with Crippen LogP contribution in [0, 0.1) is 11.6 Å². The highest BCUT2D eigenvalue weighted by Gasteiger charge is 2.22. The van der Waals surface area contributed by atoms with E-state index in [1.807, 2.05) is 0 Å². The van der Waals surface area contributed by atoms with Gasteiger partial charge in [0.05, 0.1) is 36.0 Å². The van der Waals surface area contributed by atoms with Crippen LogP contribution in [0.15, 0.2) is 36.4 Å². The summed E-state index contributed by atoms with van der Waals surface area (Å²) in [5, 5.41) is 9.26. The van der Waals surface area contributed by atoms with Gasteiger partial charge in [-0.25, -0.2) is 13.8 Å². The number of carboxylic acid groups (broad SMARTS) is 1. The highest BCUT2D eigenvalue weighted by molar-refractivity contribution is 7.18. The Labute approximate surface area is 163 Å². The molecule has 1 N–H and O–H groups in total. The highest BCUT2D eigenvalue weighted by atomic mass is 32.1. The van der Waals surface area contributed by atoms with Crippen molar-refractivity contribution < 1.29 is 28.2 Å². The van der Waals surface area contributed by atoms with Crippen molar-refractivity contribution in [2.24, 2.45) is 0 Å². The summed E-state index contributed by atoms with van der Waals surface area (Å²) in [6.45, 7) is -0.0285. The van der Waals surface area contributed by atoms with Gasteiger partial charge in [-0.05, 0) is 12.1 Å². The molecule has 6 nitrogen and oxygen atoms in total. The number of hydrogen-bond donors (Lipinski definition) is 1. The molecule has 0 unspecified atom stereocenters. The second-order valence-electron chi connectivity index (χ2n) is 5.89. The van der Waals surface area contributed by atoms with Crippen molar-refractivity contribution in [1.82, 2.24) is 4.98 Å². The second-order valence-corrected chi connectivity index (χ2v) is 6.97. The zero-order valence-corrected chi connectivity index (χ0v) is 15.6. The minimum absolute atomic E-state index is 0.0285. The number of amides is 1. The van der Waals surface area contributed by atoms with Crippen molar-refractivity contribution in [3.8, 4) is 5.75 Å². The molecular weight excluding hydrogens is 390 g/mol. The summed E-state index contributed by atoms with van der Waals surface area (Å²) in [6, 6.07) is 8.67. The second kappa shape index (κ2) is 8.30. The summed E-state index contributed by atoms with van der Waals surface area (Å²) < 4.78 is 32.9. The maximum absolute atomic E-state index is 14.0. The van der Waals surface area contributed by atoms with Crippen molar-refractivity contribution in [1.29, 1.82) is 0 Å². The molecule has 0 fully saturated rings. The van der Waals surface area contributed by atoms with E-state index in [1.54, 1.807) is 24.3 Å². The standard InChI is InChI=1S/C19H16F2N2O4S/c1-27-15-5-3-2-4-14(15)23(17(24)6-7-18(25)26)10-16-22-13-9-11(20)8-12(21)19(13)28-16/h2-5,8-9H,6-7,10H2,1H3,(H,25,26). The number of thiazole rings is 1. The van der Waals surface area contributed by atoms with Crippen molar-refractivity contribution in [2.75, 3.05) is 12.0 Å². The molecule has 0 saturated carbocycles. The van der Waals surface area contributed by atoms with E-state index < -0.39 is 23.5 Å². The molecule has 0 aliphatic carbocycles. The molecule has 0 aliphatic heterocycles. The lowest BCUT2D eigenvalue weighted by Crippen LogP contribution is -2.31. The van der Waals surface area contributed by atoms with Crippen molar-refractivity contribution in [2.45, 2.75) is 19.4 Å². The Bertz CT molecular complexity index is 1040. The number of anilines is 1. The van der Waals surface area contributed by atoms with E-state index in [0.717, 1.165) is 23.5 Å². The van der Waals surface area contributed by atoms with E-state index in [2.05, 4.69) is 4.98 Å². The number of rotatable bonds is 7. The molecule has 1 aromatic heterocycles. The van der Waals surface area contributed by atoms with Crippen LogP contribution in [0.2, 0.25) is 0 Å². The number of carboxylic acids is 1. The number of aromatic nitrogens is 1. The Hall–Kier alpha value is -3.07. The summed E-state index contributed by atoms with van der Waals surface area (Å²) in [4.78, 5) is 29.1. The Kier molecular flexibility index (Phi) is 5.84. The first-order chi connectivity index (χ1) is 13.4. The minimum atomic E-state index is -1.09. The zero-order valence-electron chi connectivity index (χ0n) is 14.8. The van der Waals surface area contributed by atoms with Gasteiger partial charge in [-0.1, -0.05) is 12.1 Å². The van der Waals surface area contributed by atoms with Crippen LogP contribution in [0.25, 0.3) is 10.2 Å². The number of nitrogens with zero attached hydrogens (tertiary/aromatic N) is 2. The number of methoxy groups -OCH3 is 1. The average molecular weight is 406 g/mol. The van der Waals surface area contributed by atoms with Crippen LogP contribution in [-0.4, -0.2) is 29.1 Å². The number of carbonyl (C=O) groups is 2. The van der Waals surface area contributed by atoms with Crippen molar-refractivity contribution in [3.63, 3.8) is 0 Å². The first-order valence-corrected chi connectivity index (χ1v) is 9.10. The first kappa shape index (κ1) is 19.7. The third kappa shape index (κ3) is 4.25. The van der Waals surface area contributed by atoms with Crippen molar-refractivity contribution >= 4 is 39.1 Å². The van der Waals surface area contributed by atoms with Crippen molar-refractivity contribution in [3.05, 3.63) is 53.0 Å². The summed E-state index contributed by atoms with van der Waals surface area (Å²) >= 11 is 1.01. The van der Waals surface area contributed by atoms with Gasteiger partial charge < -0.3 is 14.7 Å². The number of benzene rings is 2. The molecule has 3 rings (SSSR count). The number of aliphatic carboxylic acids is 1. The summed E-state index contributed by atoms with van der Waals surface area (Å²) in [7, 11) is 1.45. The van der Waals surface area contributed by atoms with Gasteiger partial charge in [-0.3, -0.25) is 9.59 Å². The first-order valence-electron chi connectivity index (χ1n) is 8.28. The molecule has 0 radical (unpaired) electrons. The maximum atomic E-state index is 14.0. The lowest BCUT2D eigenvalue weighted by molar-refractivity contribution is -0.138. The molecule has 9 heteroatoms. The number of halogens is 2. The normalized spacial score (nSPS) is 10.8. The molecule has 0 spiro atoms. The number of fused-ring (bicyclic) bond motifs is 1. The smallest absolute Gasteiger partial charge is 0.303 e. The molecular formula is C19H16F2N2O4S. The lowest BCUT2D eigenvalue weighted by Gasteiger charge is -2.23. The highest BCUT2D eigenvalue weighted by Crippen LogP contribution is 2.32. The minimum Gasteiger partial charge on any atom is -0.495 e. The van der Waals surface area contributed by atoms with E-state index in [-0.39, 0.29) is 29.6 Å². The Morgan fingerprint density at radius 2 is 1.96 bits per heavy atom. The molecule has 1 heterocycles. The Balaban J connectivity index is 1.98. The Morgan fingerprint density at radius 1 is 1.21 bits per heavy atom.